The lowest BCUT2D eigenvalue weighted by molar-refractivity contribution is -0.277. The SMILES string of the molecule is CC1OC(O)[C@@H](C)C(OCc2ccccc2)[C@H]1OCc1ccccc1. The van der Waals surface area contributed by atoms with Gasteiger partial charge in [0.15, 0.2) is 6.29 Å². The van der Waals surface area contributed by atoms with Crippen molar-refractivity contribution in [3.63, 3.8) is 0 Å². The van der Waals surface area contributed by atoms with Crippen LogP contribution in [0.4, 0.5) is 0 Å². The fourth-order valence-corrected chi connectivity index (χ4v) is 3.16. The predicted molar refractivity (Wildman–Crippen MR) is 95.8 cm³/mol. The van der Waals surface area contributed by atoms with Gasteiger partial charge in [0.1, 0.15) is 6.10 Å². The van der Waals surface area contributed by atoms with Crippen LogP contribution in [0.1, 0.15) is 25.0 Å². The molecule has 0 saturated carbocycles. The van der Waals surface area contributed by atoms with Crippen molar-refractivity contribution in [3.05, 3.63) is 71.8 Å². The molecule has 2 aromatic carbocycles. The van der Waals surface area contributed by atoms with Crippen LogP contribution in [0.15, 0.2) is 60.7 Å². The summed E-state index contributed by atoms with van der Waals surface area (Å²) in [5, 5.41) is 10.2. The second-order valence-corrected chi connectivity index (χ2v) is 6.61. The number of hydrogen-bond donors (Lipinski definition) is 1. The van der Waals surface area contributed by atoms with Crippen LogP contribution in [-0.2, 0) is 27.4 Å². The van der Waals surface area contributed by atoms with Gasteiger partial charge < -0.3 is 19.3 Å². The Balaban J connectivity index is 1.67. The van der Waals surface area contributed by atoms with Gasteiger partial charge in [-0.05, 0) is 18.1 Å². The first-order chi connectivity index (χ1) is 12.1. The molecular formula is C21H26O4. The molecule has 3 rings (SSSR count). The van der Waals surface area contributed by atoms with E-state index < -0.39 is 6.29 Å². The molecule has 25 heavy (non-hydrogen) atoms. The molecule has 5 atom stereocenters. The van der Waals surface area contributed by atoms with Gasteiger partial charge in [-0.3, -0.25) is 0 Å². The maximum absolute atomic E-state index is 10.2. The maximum atomic E-state index is 10.2. The van der Waals surface area contributed by atoms with Gasteiger partial charge in [-0.25, -0.2) is 0 Å². The molecule has 1 N–H and O–H groups in total. The molecule has 3 unspecified atom stereocenters. The molecule has 0 aromatic heterocycles. The summed E-state index contributed by atoms with van der Waals surface area (Å²) in [5.41, 5.74) is 2.21. The van der Waals surface area contributed by atoms with Gasteiger partial charge in [-0.15, -0.1) is 0 Å². The van der Waals surface area contributed by atoms with Crippen molar-refractivity contribution in [1.29, 1.82) is 0 Å². The van der Waals surface area contributed by atoms with Crippen LogP contribution in [0.2, 0.25) is 0 Å². The first kappa shape index (κ1) is 18.1. The number of ether oxygens (including phenoxy) is 3. The van der Waals surface area contributed by atoms with Crippen molar-refractivity contribution in [2.45, 2.75) is 51.7 Å². The molecule has 1 fully saturated rings. The molecule has 0 bridgehead atoms. The summed E-state index contributed by atoms with van der Waals surface area (Å²) in [6, 6.07) is 20.1. The molecular weight excluding hydrogens is 316 g/mol. The highest BCUT2D eigenvalue weighted by atomic mass is 16.6. The minimum Gasteiger partial charge on any atom is -0.370 e. The zero-order valence-electron chi connectivity index (χ0n) is 14.7. The highest BCUT2D eigenvalue weighted by molar-refractivity contribution is 5.14. The van der Waals surface area contributed by atoms with Crippen molar-refractivity contribution in [2.75, 3.05) is 0 Å². The van der Waals surface area contributed by atoms with Gasteiger partial charge in [0.05, 0.1) is 25.4 Å². The Kier molecular flexibility index (Phi) is 6.21. The predicted octanol–water partition coefficient (Wildman–Crippen LogP) is 3.53. The topological polar surface area (TPSA) is 47.9 Å². The van der Waals surface area contributed by atoms with Gasteiger partial charge in [0.25, 0.3) is 0 Å². The lowest BCUT2D eigenvalue weighted by Gasteiger charge is -2.42. The Hall–Kier alpha value is -1.72. The molecule has 1 aliphatic rings. The molecule has 1 aliphatic heterocycles. The van der Waals surface area contributed by atoms with E-state index in [1.165, 1.54) is 0 Å². The summed E-state index contributed by atoms with van der Waals surface area (Å²) in [6.07, 6.45) is -1.55. The van der Waals surface area contributed by atoms with Crippen molar-refractivity contribution in [2.24, 2.45) is 5.92 Å². The first-order valence-corrected chi connectivity index (χ1v) is 8.79. The molecule has 4 heteroatoms. The summed E-state index contributed by atoms with van der Waals surface area (Å²) < 4.78 is 17.9. The zero-order chi connectivity index (χ0) is 17.6. The highest BCUT2D eigenvalue weighted by Crippen LogP contribution is 2.30. The van der Waals surface area contributed by atoms with E-state index in [4.69, 9.17) is 14.2 Å². The number of aliphatic hydroxyl groups is 1. The van der Waals surface area contributed by atoms with E-state index in [9.17, 15) is 5.11 Å². The van der Waals surface area contributed by atoms with E-state index in [2.05, 4.69) is 0 Å². The van der Waals surface area contributed by atoms with Crippen molar-refractivity contribution < 1.29 is 19.3 Å². The van der Waals surface area contributed by atoms with Crippen molar-refractivity contribution >= 4 is 0 Å². The van der Waals surface area contributed by atoms with Crippen molar-refractivity contribution in [3.8, 4) is 0 Å². The Morgan fingerprint density at radius 3 is 1.80 bits per heavy atom. The lowest BCUT2D eigenvalue weighted by Crippen LogP contribution is -2.54. The molecule has 2 aromatic rings. The first-order valence-electron chi connectivity index (χ1n) is 8.79. The Bertz CT molecular complexity index is 631. The lowest BCUT2D eigenvalue weighted by atomic mass is 9.92. The van der Waals surface area contributed by atoms with Gasteiger partial charge in [0, 0.05) is 5.92 Å². The van der Waals surface area contributed by atoms with Crippen molar-refractivity contribution in [1.82, 2.24) is 0 Å². The van der Waals surface area contributed by atoms with Gasteiger partial charge in [-0.2, -0.15) is 0 Å². The number of aliphatic hydroxyl groups excluding tert-OH is 1. The van der Waals surface area contributed by atoms with E-state index in [1.807, 2.05) is 74.5 Å². The summed E-state index contributed by atoms with van der Waals surface area (Å²) in [7, 11) is 0. The van der Waals surface area contributed by atoms with Crippen LogP contribution in [0.25, 0.3) is 0 Å². The molecule has 0 spiro atoms. The van der Waals surface area contributed by atoms with Crippen LogP contribution in [0, 0.1) is 5.92 Å². The largest absolute Gasteiger partial charge is 0.370 e. The molecule has 0 radical (unpaired) electrons. The average Bonchev–Trinajstić information content (AvgIpc) is 2.64. The van der Waals surface area contributed by atoms with E-state index >= 15 is 0 Å². The second kappa shape index (κ2) is 8.59. The standard InChI is InChI=1S/C21H26O4/c1-15-19(23-13-17-9-5-3-6-10-17)20(16(2)25-21(15)22)24-14-18-11-7-4-8-12-18/h3-12,15-16,19-22H,13-14H2,1-2H3/t15-,16?,19?,20-,21?/m0/s1. The molecule has 1 heterocycles. The van der Waals surface area contributed by atoms with E-state index in [-0.39, 0.29) is 24.2 Å². The van der Waals surface area contributed by atoms with Crippen LogP contribution >= 0.6 is 0 Å². The summed E-state index contributed by atoms with van der Waals surface area (Å²) in [5.74, 6) is -0.166. The second-order valence-electron chi connectivity index (χ2n) is 6.61. The Labute approximate surface area is 149 Å². The fraction of sp³-hybridized carbons (Fsp3) is 0.429. The molecule has 1 saturated heterocycles. The minimum atomic E-state index is -0.840. The third-order valence-corrected chi connectivity index (χ3v) is 4.68. The average molecular weight is 342 g/mol. The molecule has 0 aliphatic carbocycles. The highest BCUT2D eigenvalue weighted by Gasteiger charge is 2.42. The van der Waals surface area contributed by atoms with E-state index in [1.54, 1.807) is 0 Å². The summed E-state index contributed by atoms with van der Waals surface area (Å²) >= 11 is 0. The third-order valence-electron chi connectivity index (χ3n) is 4.68. The fourth-order valence-electron chi connectivity index (χ4n) is 3.16. The Morgan fingerprint density at radius 2 is 1.28 bits per heavy atom. The quantitative estimate of drug-likeness (QED) is 0.872. The molecule has 0 amide bonds. The van der Waals surface area contributed by atoms with E-state index in [0.29, 0.717) is 13.2 Å². The van der Waals surface area contributed by atoms with Gasteiger partial charge >= 0.3 is 0 Å². The number of hydrogen-bond acceptors (Lipinski definition) is 4. The van der Waals surface area contributed by atoms with Gasteiger partial charge in [-0.1, -0.05) is 67.6 Å². The van der Waals surface area contributed by atoms with E-state index in [0.717, 1.165) is 11.1 Å². The smallest absolute Gasteiger partial charge is 0.160 e. The van der Waals surface area contributed by atoms with Crippen LogP contribution in [0.5, 0.6) is 0 Å². The number of rotatable bonds is 6. The Morgan fingerprint density at radius 1 is 0.800 bits per heavy atom. The van der Waals surface area contributed by atoms with Crippen LogP contribution < -0.4 is 0 Å². The normalized spacial score (nSPS) is 29.5. The number of benzene rings is 2. The molecule has 134 valence electrons. The monoisotopic (exact) mass is 342 g/mol. The maximum Gasteiger partial charge on any atom is 0.160 e. The third kappa shape index (κ3) is 4.67. The summed E-state index contributed by atoms with van der Waals surface area (Å²) in [6.45, 7) is 4.84. The zero-order valence-corrected chi connectivity index (χ0v) is 14.7. The van der Waals surface area contributed by atoms with Gasteiger partial charge in [0.2, 0.25) is 0 Å². The summed E-state index contributed by atoms with van der Waals surface area (Å²) in [4.78, 5) is 0. The molecule has 4 nitrogen and oxygen atoms in total. The minimum absolute atomic E-state index is 0.166. The van der Waals surface area contributed by atoms with Crippen LogP contribution in [0.3, 0.4) is 0 Å². The van der Waals surface area contributed by atoms with Crippen LogP contribution in [-0.4, -0.2) is 29.7 Å².